The zero-order chi connectivity index (χ0) is 24.2. The molecule has 0 unspecified atom stereocenters. The van der Waals surface area contributed by atoms with Crippen LogP contribution in [0.3, 0.4) is 0 Å². The van der Waals surface area contributed by atoms with E-state index in [1.165, 1.54) is 6.42 Å². The summed E-state index contributed by atoms with van der Waals surface area (Å²) in [5.74, 6) is -1.92. The van der Waals surface area contributed by atoms with Crippen LogP contribution in [0.1, 0.15) is 76.6 Å². The number of alkyl halides is 3. The number of hydrogen-bond donors (Lipinski definition) is 2. The molecule has 0 spiro atoms. The van der Waals surface area contributed by atoms with Crippen LogP contribution >= 0.6 is 11.5 Å². The monoisotopic (exact) mass is 484 g/mol. The number of aromatic nitrogens is 2. The van der Waals surface area contributed by atoms with Gasteiger partial charge in [0.15, 0.2) is 0 Å². The second kappa shape index (κ2) is 10.7. The molecule has 1 aliphatic rings. The Morgan fingerprint density at radius 3 is 2.52 bits per heavy atom. The van der Waals surface area contributed by atoms with Crippen molar-refractivity contribution >= 4 is 34.0 Å². The van der Waals surface area contributed by atoms with Crippen molar-refractivity contribution in [1.29, 1.82) is 0 Å². The van der Waals surface area contributed by atoms with Crippen LogP contribution in [0.2, 0.25) is 0 Å². The van der Waals surface area contributed by atoms with Gasteiger partial charge in [-0.15, -0.1) is 0 Å². The van der Waals surface area contributed by atoms with E-state index in [9.17, 15) is 23.1 Å². The molecule has 3 rings (SSSR count). The number of carboxylic acids is 1. The molecule has 0 amide bonds. The average Bonchev–Trinajstić information content (AvgIpc) is 3.21. The van der Waals surface area contributed by atoms with E-state index >= 15 is 0 Å². The fourth-order valence-electron chi connectivity index (χ4n) is 4.33. The van der Waals surface area contributed by atoms with Crippen molar-refractivity contribution in [1.82, 2.24) is 9.36 Å². The molecule has 1 aromatic heterocycles. The van der Waals surface area contributed by atoms with Crippen LogP contribution in [0, 0.1) is 5.92 Å². The SMILES string of the molecule is CC(C)CN(c1ccc([C@H](C)CC(=O)O)cc1Nc1nc(C(F)(F)F)ns1)C1CCCCC1. The van der Waals surface area contributed by atoms with Gasteiger partial charge in [0.1, 0.15) is 0 Å². The Balaban J connectivity index is 2.01. The van der Waals surface area contributed by atoms with E-state index in [2.05, 4.69) is 33.4 Å². The number of nitrogens with one attached hydrogen (secondary N) is 1. The summed E-state index contributed by atoms with van der Waals surface area (Å²) < 4.78 is 42.5. The molecule has 0 radical (unpaired) electrons. The fraction of sp³-hybridized carbons (Fsp3) is 0.609. The van der Waals surface area contributed by atoms with Crippen molar-refractivity contribution in [2.45, 2.75) is 77.4 Å². The number of hydrogen-bond acceptors (Lipinski definition) is 6. The molecular weight excluding hydrogens is 453 g/mol. The zero-order valence-corrected chi connectivity index (χ0v) is 20.0. The molecule has 33 heavy (non-hydrogen) atoms. The van der Waals surface area contributed by atoms with Gasteiger partial charge in [-0.05, 0) is 42.4 Å². The first-order chi connectivity index (χ1) is 15.5. The fourth-order valence-corrected chi connectivity index (χ4v) is 4.93. The summed E-state index contributed by atoms with van der Waals surface area (Å²) in [6, 6.07) is 6.07. The van der Waals surface area contributed by atoms with Gasteiger partial charge in [-0.2, -0.15) is 22.5 Å². The lowest BCUT2D eigenvalue weighted by Gasteiger charge is -2.38. The van der Waals surface area contributed by atoms with Gasteiger partial charge in [0.2, 0.25) is 11.0 Å². The number of benzene rings is 1. The molecule has 6 nitrogen and oxygen atoms in total. The van der Waals surface area contributed by atoms with Crippen LogP contribution in [0.15, 0.2) is 18.2 Å². The second-order valence-corrected chi connectivity index (χ2v) is 9.91. The van der Waals surface area contributed by atoms with E-state index in [4.69, 9.17) is 0 Å². The molecule has 0 saturated heterocycles. The molecule has 1 fully saturated rings. The molecule has 2 N–H and O–H groups in total. The van der Waals surface area contributed by atoms with E-state index in [1.807, 2.05) is 25.1 Å². The Kier molecular flexibility index (Phi) is 8.20. The van der Waals surface area contributed by atoms with Gasteiger partial charge < -0.3 is 15.3 Å². The van der Waals surface area contributed by atoms with Crippen LogP contribution < -0.4 is 10.2 Å². The van der Waals surface area contributed by atoms with Crippen LogP contribution in [-0.2, 0) is 11.0 Å². The third-order valence-electron chi connectivity index (χ3n) is 5.88. The van der Waals surface area contributed by atoms with Gasteiger partial charge in [-0.1, -0.05) is 46.1 Å². The van der Waals surface area contributed by atoms with E-state index in [1.54, 1.807) is 0 Å². The van der Waals surface area contributed by atoms with E-state index in [0.717, 1.165) is 43.5 Å². The van der Waals surface area contributed by atoms with Crippen molar-refractivity contribution < 1.29 is 23.1 Å². The third kappa shape index (κ3) is 6.82. The first-order valence-electron chi connectivity index (χ1n) is 11.3. The predicted molar refractivity (Wildman–Crippen MR) is 124 cm³/mol. The quantitative estimate of drug-likeness (QED) is 0.414. The molecule has 0 bridgehead atoms. The van der Waals surface area contributed by atoms with Crippen molar-refractivity contribution in [2.24, 2.45) is 5.92 Å². The maximum absolute atomic E-state index is 13.0. The van der Waals surface area contributed by atoms with Crippen molar-refractivity contribution in [2.75, 3.05) is 16.8 Å². The van der Waals surface area contributed by atoms with Gasteiger partial charge in [0, 0.05) is 24.1 Å². The smallest absolute Gasteiger partial charge is 0.452 e. The Hall–Kier alpha value is -2.36. The highest BCUT2D eigenvalue weighted by Gasteiger charge is 2.36. The highest BCUT2D eigenvalue weighted by atomic mass is 32.1. The minimum atomic E-state index is -4.61. The second-order valence-electron chi connectivity index (χ2n) is 9.16. The maximum atomic E-state index is 13.0. The predicted octanol–water partition coefficient (Wildman–Crippen LogP) is 6.67. The molecule has 0 aliphatic heterocycles. The maximum Gasteiger partial charge on any atom is 0.452 e. The van der Waals surface area contributed by atoms with Crippen molar-refractivity contribution in [3.05, 3.63) is 29.6 Å². The summed E-state index contributed by atoms with van der Waals surface area (Å²) in [4.78, 5) is 17.2. The van der Waals surface area contributed by atoms with Gasteiger partial charge in [-0.3, -0.25) is 4.79 Å². The van der Waals surface area contributed by atoms with Crippen LogP contribution in [0.25, 0.3) is 0 Å². The highest BCUT2D eigenvalue weighted by Crippen LogP contribution is 2.38. The van der Waals surface area contributed by atoms with Gasteiger partial charge in [0.25, 0.3) is 0 Å². The van der Waals surface area contributed by atoms with Crippen LogP contribution in [0.5, 0.6) is 0 Å². The van der Waals surface area contributed by atoms with Gasteiger partial charge >= 0.3 is 12.1 Å². The Morgan fingerprint density at radius 1 is 1.24 bits per heavy atom. The largest absolute Gasteiger partial charge is 0.481 e. The number of anilines is 3. The average molecular weight is 485 g/mol. The lowest BCUT2D eigenvalue weighted by molar-refractivity contribution is -0.144. The first-order valence-corrected chi connectivity index (χ1v) is 12.1. The molecule has 1 aliphatic carbocycles. The molecule has 1 heterocycles. The van der Waals surface area contributed by atoms with Gasteiger partial charge in [-0.25, -0.2) is 0 Å². The highest BCUT2D eigenvalue weighted by molar-refractivity contribution is 7.09. The number of nitrogens with zero attached hydrogens (tertiary/aromatic N) is 3. The summed E-state index contributed by atoms with van der Waals surface area (Å²) in [6.45, 7) is 6.93. The van der Waals surface area contributed by atoms with E-state index in [-0.39, 0.29) is 17.5 Å². The summed E-state index contributed by atoms with van der Waals surface area (Å²) >= 11 is 0.661. The molecular formula is C23H31F3N4O2S. The molecule has 1 atom stereocenters. The zero-order valence-electron chi connectivity index (χ0n) is 19.2. The number of carboxylic acid groups (broad SMARTS) is 1. The number of aliphatic carboxylic acids is 1. The van der Waals surface area contributed by atoms with Crippen molar-refractivity contribution in [3.63, 3.8) is 0 Å². The molecule has 182 valence electrons. The first kappa shape index (κ1) is 25.3. The number of carbonyl (C=O) groups is 1. The van der Waals surface area contributed by atoms with Crippen LogP contribution in [0.4, 0.5) is 29.7 Å². The normalized spacial score (nSPS) is 16.1. The minimum Gasteiger partial charge on any atom is -0.481 e. The van der Waals surface area contributed by atoms with Crippen molar-refractivity contribution in [3.8, 4) is 0 Å². The molecule has 1 aromatic carbocycles. The summed E-state index contributed by atoms with van der Waals surface area (Å²) in [5.41, 5.74) is 2.32. The summed E-state index contributed by atoms with van der Waals surface area (Å²) in [6.07, 6.45) is 1.02. The summed E-state index contributed by atoms with van der Waals surface area (Å²) in [5, 5.41) is 12.3. The molecule has 1 saturated carbocycles. The summed E-state index contributed by atoms with van der Waals surface area (Å²) in [7, 11) is 0. The standard InChI is InChI=1S/C23H31F3N4O2S/c1-14(2)13-30(17-7-5-4-6-8-17)19-10-9-16(15(3)11-20(31)32)12-18(19)27-22-28-21(29-33-22)23(24,25)26/h9-10,12,14-15,17H,4-8,11,13H2,1-3H3,(H,31,32)(H,27,28,29)/t15-/m1/s1. The molecule has 10 heteroatoms. The molecule has 2 aromatic rings. The third-order valence-corrected chi connectivity index (χ3v) is 6.51. The van der Waals surface area contributed by atoms with Crippen LogP contribution in [-0.4, -0.2) is 33.0 Å². The lowest BCUT2D eigenvalue weighted by atomic mass is 9.92. The Bertz CT molecular complexity index is 942. The van der Waals surface area contributed by atoms with E-state index in [0.29, 0.717) is 29.2 Å². The topological polar surface area (TPSA) is 78.4 Å². The van der Waals surface area contributed by atoms with Gasteiger partial charge in [0.05, 0.1) is 17.8 Å². The minimum absolute atomic E-state index is 0.0336. The number of rotatable bonds is 9. The lowest BCUT2D eigenvalue weighted by Crippen LogP contribution is -2.39. The number of halogens is 3. The Morgan fingerprint density at radius 2 is 1.94 bits per heavy atom. The van der Waals surface area contributed by atoms with E-state index < -0.39 is 18.0 Å². The Labute approximate surface area is 196 Å².